The molecule has 0 heterocycles. The quantitative estimate of drug-likeness (QED) is 0.772. The first kappa shape index (κ1) is 16.8. The van der Waals surface area contributed by atoms with Gasteiger partial charge in [0.05, 0.1) is 4.90 Å². The predicted octanol–water partition coefficient (Wildman–Crippen LogP) is 3.80. The van der Waals surface area contributed by atoms with Gasteiger partial charge in [-0.1, -0.05) is 15.9 Å². The van der Waals surface area contributed by atoms with Crippen LogP contribution in [0.15, 0.2) is 33.6 Å². The van der Waals surface area contributed by atoms with Crippen LogP contribution in [0, 0.1) is 5.92 Å². The van der Waals surface area contributed by atoms with E-state index in [0.717, 1.165) is 12.8 Å². The summed E-state index contributed by atoms with van der Waals surface area (Å²) in [6, 6.07) is 4.96. The van der Waals surface area contributed by atoms with Gasteiger partial charge in [0.15, 0.2) is 0 Å². The Morgan fingerprint density at radius 3 is 2.24 bits per heavy atom. The van der Waals surface area contributed by atoms with Gasteiger partial charge in [-0.05, 0) is 49.9 Å². The molecule has 1 saturated carbocycles. The summed E-state index contributed by atoms with van der Waals surface area (Å²) in [6.45, 7) is 0.0862. The van der Waals surface area contributed by atoms with Crippen molar-refractivity contribution in [1.29, 1.82) is 0 Å². The summed E-state index contributed by atoms with van der Waals surface area (Å²) in [7, 11) is -4.16. The highest BCUT2D eigenvalue weighted by Crippen LogP contribution is 2.38. The maximum atomic E-state index is 12.7. The van der Waals surface area contributed by atoms with Crippen molar-refractivity contribution < 1.29 is 21.6 Å². The maximum Gasteiger partial charge on any atom is 0.402 e. The summed E-state index contributed by atoms with van der Waals surface area (Å²) in [4.78, 5) is -0.123. The fraction of sp³-hybridized carbons (Fsp3) is 0.538. The number of sulfonamides is 1. The molecule has 1 aliphatic rings. The predicted molar refractivity (Wildman–Crippen MR) is 76.3 cm³/mol. The molecule has 0 N–H and O–H groups in total. The molecule has 0 aromatic heterocycles. The van der Waals surface area contributed by atoms with E-state index in [0.29, 0.717) is 8.78 Å². The number of rotatable bonds is 5. The zero-order chi connectivity index (χ0) is 15.8. The Labute approximate surface area is 130 Å². The number of benzene rings is 1. The number of halogens is 4. The van der Waals surface area contributed by atoms with Crippen LogP contribution in [0.1, 0.15) is 19.8 Å². The van der Waals surface area contributed by atoms with Crippen LogP contribution in [0.25, 0.3) is 0 Å². The van der Waals surface area contributed by atoms with Gasteiger partial charge in [-0.2, -0.15) is 17.5 Å². The minimum atomic E-state index is -4.56. The molecule has 1 aliphatic carbocycles. The van der Waals surface area contributed by atoms with E-state index < -0.39 is 28.8 Å². The lowest BCUT2D eigenvalue weighted by Crippen LogP contribution is -2.45. The van der Waals surface area contributed by atoms with Crippen molar-refractivity contribution in [2.75, 3.05) is 6.54 Å². The Kier molecular flexibility index (Phi) is 4.70. The fourth-order valence-electron chi connectivity index (χ4n) is 2.18. The standard InChI is InChI=1S/C13H15BrF3NO2S/c1-9(10-2-3-10)18(8-13(15,16)17)21(19,20)12-6-4-11(14)5-7-12/h4-7,9-10H,2-3,8H2,1H3. The highest BCUT2D eigenvalue weighted by Gasteiger charge is 2.44. The summed E-state index contributed by atoms with van der Waals surface area (Å²) in [5.74, 6) is 0.0116. The Morgan fingerprint density at radius 1 is 1.29 bits per heavy atom. The van der Waals surface area contributed by atoms with Gasteiger partial charge in [0.25, 0.3) is 0 Å². The van der Waals surface area contributed by atoms with Gasteiger partial charge in [0.1, 0.15) is 6.54 Å². The molecule has 0 spiro atoms. The number of alkyl halides is 3. The monoisotopic (exact) mass is 385 g/mol. The van der Waals surface area contributed by atoms with Crippen molar-refractivity contribution >= 4 is 26.0 Å². The van der Waals surface area contributed by atoms with Crippen molar-refractivity contribution in [3.63, 3.8) is 0 Å². The van der Waals surface area contributed by atoms with E-state index in [1.165, 1.54) is 24.3 Å². The maximum absolute atomic E-state index is 12.7. The third-order valence-electron chi connectivity index (χ3n) is 3.51. The molecule has 8 heteroatoms. The summed E-state index contributed by atoms with van der Waals surface area (Å²) < 4.78 is 64.5. The summed E-state index contributed by atoms with van der Waals surface area (Å²) in [5.41, 5.74) is 0. The van der Waals surface area contributed by atoms with Crippen LogP contribution in [0.4, 0.5) is 13.2 Å². The van der Waals surface area contributed by atoms with Gasteiger partial charge in [-0.25, -0.2) is 8.42 Å². The molecule has 1 aromatic carbocycles. The van der Waals surface area contributed by atoms with Gasteiger partial charge in [0, 0.05) is 10.5 Å². The van der Waals surface area contributed by atoms with Crippen LogP contribution in [0.5, 0.6) is 0 Å². The molecule has 21 heavy (non-hydrogen) atoms. The average molecular weight is 386 g/mol. The molecular formula is C13H15BrF3NO2S. The van der Waals surface area contributed by atoms with Gasteiger partial charge in [-0.3, -0.25) is 0 Å². The molecule has 1 atom stereocenters. The molecular weight excluding hydrogens is 371 g/mol. The highest BCUT2D eigenvalue weighted by molar-refractivity contribution is 9.10. The summed E-state index contributed by atoms with van der Waals surface area (Å²) in [6.07, 6.45) is -3.03. The molecule has 0 amide bonds. The van der Waals surface area contributed by atoms with E-state index in [9.17, 15) is 21.6 Å². The lowest BCUT2D eigenvalue weighted by Gasteiger charge is -2.29. The van der Waals surface area contributed by atoms with E-state index in [2.05, 4.69) is 15.9 Å². The van der Waals surface area contributed by atoms with Crippen LogP contribution in [-0.4, -0.2) is 31.5 Å². The second-order valence-corrected chi connectivity index (χ2v) is 8.00. The van der Waals surface area contributed by atoms with Crippen molar-refractivity contribution in [1.82, 2.24) is 4.31 Å². The van der Waals surface area contributed by atoms with Crippen molar-refractivity contribution in [2.45, 2.75) is 36.9 Å². The number of hydrogen-bond donors (Lipinski definition) is 0. The van der Waals surface area contributed by atoms with Crippen LogP contribution in [0.2, 0.25) is 0 Å². The molecule has 1 aromatic rings. The van der Waals surface area contributed by atoms with Crippen molar-refractivity contribution in [3.05, 3.63) is 28.7 Å². The zero-order valence-corrected chi connectivity index (χ0v) is 13.7. The molecule has 1 fully saturated rings. The minimum absolute atomic E-state index is 0.0116. The van der Waals surface area contributed by atoms with Gasteiger partial charge in [-0.15, -0.1) is 0 Å². The van der Waals surface area contributed by atoms with Gasteiger partial charge < -0.3 is 0 Å². The van der Waals surface area contributed by atoms with Gasteiger partial charge >= 0.3 is 6.18 Å². The lowest BCUT2D eigenvalue weighted by molar-refractivity contribution is -0.139. The third kappa shape index (κ3) is 4.20. The van der Waals surface area contributed by atoms with Crippen LogP contribution in [-0.2, 0) is 10.0 Å². The van der Waals surface area contributed by atoms with Crippen LogP contribution in [0.3, 0.4) is 0 Å². The SMILES string of the molecule is CC(C1CC1)N(CC(F)(F)F)S(=O)(=O)c1ccc(Br)cc1. The molecule has 118 valence electrons. The molecule has 3 nitrogen and oxygen atoms in total. The fourth-order valence-corrected chi connectivity index (χ4v) is 4.12. The van der Waals surface area contributed by atoms with Crippen LogP contribution >= 0.6 is 15.9 Å². The molecule has 0 aliphatic heterocycles. The molecule has 0 saturated heterocycles. The van der Waals surface area contributed by atoms with Crippen LogP contribution < -0.4 is 0 Å². The highest BCUT2D eigenvalue weighted by atomic mass is 79.9. The zero-order valence-electron chi connectivity index (χ0n) is 11.3. The normalized spacial score (nSPS) is 18.0. The summed E-state index contributed by atoms with van der Waals surface area (Å²) >= 11 is 3.17. The first-order valence-corrected chi connectivity index (χ1v) is 8.69. The first-order chi connectivity index (χ1) is 9.61. The van der Waals surface area contributed by atoms with E-state index in [1.54, 1.807) is 6.92 Å². The second kappa shape index (κ2) is 5.89. The Balaban J connectivity index is 2.35. The smallest absolute Gasteiger partial charge is 0.207 e. The molecule has 0 bridgehead atoms. The Hall–Kier alpha value is -0.600. The number of nitrogens with zero attached hydrogens (tertiary/aromatic N) is 1. The van der Waals surface area contributed by atoms with E-state index in [1.807, 2.05) is 0 Å². The largest absolute Gasteiger partial charge is 0.402 e. The molecule has 1 unspecified atom stereocenters. The van der Waals surface area contributed by atoms with Crippen molar-refractivity contribution in [2.24, 2.45) is 5.92 Å². The topological polar surface area (TPSA) is 37.4 Å². The Bertz CT molecular complexity index is 597. The summed E-state index contributed by atoms with van der Waals surface area (Å²) in [5, 5.41) is 0. The minimum Gasteiger partial charge on any atom is -0.207 e. The second-order valence-electron chi connectivity index (χ2n) is 5.20. The first-order valence-electron chi connectivity index (χ1n) is 6.45. The Morgan fingerprint density at radius 2 is 1.81 bits per heavy atom. The lowest BCUT2D eigenvalue weighted by atomic mass is 10.2. The number of hydrogen-bond acceptors (Lipinski definition) is 2. The van der Waals surface area contributed by atoms with E-state index >= 15 is 0 Å². The van der Waals surface area contributed by atoms with Gasteiger partial charge in [0.2, 0.25) is 10.0 Å². The van der Waals surface area contributed by atoms with E-state index in [-0.39, 0.29) is 10.8 Å². The van der Waals surface area contributed by atoms with Crippen molar-refractivity contribution in [3.8, 4) is 0 Å². The average Bonchev–Trinajstić information content (AvgIpc) is 3.18. The molecule has 2 rings (SSSR count). The third-order valence-corrected chi connectivity index (χ3v) is 5.99. The molecule has 0 radical (unpaired) electrons. The van der Waals surface area contributed by atoms with E-state index in [4.69, 9.17) is 0 Å².